The highest BCUT2D eigenvalue weighted by Crippen LogP contribution is 2.15. The fourth-order valence-electron chi connectivity index (χ4n) is 1.30. The quantitative estimate of drug-likeness (QED) is 0.845. The summed E-state index contributed by atoms with van der Waals surface area (Å²) in [5.74, 6) is -0.595. The summed E-state index contributed by atoms with van der Waals surface area (Å²) in [6, 6.07) is 6.59. The second kappa shape index (κ2) is 7.14. The van der Waals surface area contributed by atoms with Crippen molar-refractivity contribution in [2.75, 3.05) is 6.61 Å². The SMILES string of the molecule is CC(C)[C@H](C)NC(=O)COC(=O)c1ccccc1Cl. The number of ether oxygens (including phenoxy) is 1. The van der Waals surface area contributed by atoms with Crippen LogP contribution < -0.4 is 5.32 Å². The zero-order chi connectivity index (χ0) is 14.4. The van der Waals surface area contributed by atoms with Crippen LogP contribution in [0.5, 0.6) is 0 Å². The maximum Gasteiger partial charge on any atom is 0.340 e. The minimum Gasteiger partial charge on any atom is -0.452 e. The Labute approximate surface area is 118 Å². The van der Waals surface area contributed by atoms with Gasteiger partial charge in [-0.1, -0.05) is 37.6 Å². The Bertz CT molecular complexity index is 460. The van der Waals surface area contributed by atoms with E-state index in [9.17, 15) is 9.59 Å². The van der Waals surface area contributed by atoms with Gasteiger partial charge in [-0.2, -0.15) is 0 Å². The molecule has 1 aromatic carbocycles. The molecule has 0 unspecified atom stereocenters. The van der Waals surface area contributed by atoms with E-state index in [1.807, 2.05) is 20.8 Å². The van der Waals surface area contributed by atoms with E-state index >= 15 is 0 Å². The van der Waals surface area contributed by atoms with Gasteiger partial charge < -0.3 is 10.1 Å². The Kier molecular flexibility index (Phi) is 5.83. The molecule has 0 aromatic heterocycles. The molecule has 0 saturated carbocycles. The van der Waals surface area contributed by atoms with Gasteiger partial charge in [0.05, 0.1) is 10.6 Å². The van der Waals surface area contributed by atoms with Crippen molar-refractivity contribution >= 4 is 23.5 Å². The van der Waals surface area contributed by atoms with Gasteiger partial charge in [-0.25, -0.2) is 4.79 Å². The molecule has 0 saturated heterocycles. The number of amides is 1. The number of nitrogens with one attached hydrogen (secondary N) is 1. The minimum absolute atomic E-state index is 0.0338. The topological polar surface area (TPSA) is 55.4 Å². The molecule has 0 aliphatic rings. The summed E-state index contributed by atoms with van der Waals surface area (Å²) in [4.78, 5) is 23.3. The lowest BCUT2D eigenvalue weighted by Gasteiger charge is -2.17. The van der Waals surface area contributed by atoms with Crippen LogP contribution in [0.1, 0.15) is 31.1 Å². The number of hydrogen-bond acceptors (Lipinski definition) is 3. The molecule has 5 heteroatoms. The van der Waals surface area contributed by atoms with Gasteiger partial charge in [-0.05, 0) is 25.0 Å². The molecule has 0 aliphatic heterocycles. The van der Waals surface area contributed by atoms with Gasteiger partial charge in [0.1, 0.15) is 0 Å². The van der Waals surface area contributed by atoms with Crippen LogP contribution in [-0.4, -0.2) is 24.5 Å². The van der Waals surface area contributed by atoms with Crippen LogP contribution in [0.25, 0.3) is 0 Å². The summed E-state index contributed by atoms with van der Waals surface area (Å²) in [5, 5.41) is 3.06. The van der Waals surface area contributed by atoms with Gasteiger partial charge in [0.15, 0.2) is 6.61 Å². The molecule has 0 aliphatic carbocycles. The fourth-order valence-corrected chi connectivity index (χ4v) is 1.51. The molecule has 0 radical (unpaired) electrons. The number of carbonyl (C=O) groups is 2. The summed E-state index contributed by atoms with van der Waals surface area (Å²) >= 11 is 5.86. The number of carbonyl (C=O) groups excluding carboxylic acids is 2. The number of esters is 1. The summed E-state index contributed by atoms with van der Waals surface area (Å²) in [6.45, 7) is 5.60. The molecule has 0 fully saturated rings. The summed E-state index contributed by atoms with van der Waals surface area (Å²) < 4.78 is 4.92. The average Bonchev–Trinajstić information content (AvgIpc) is 2.36. The van der Waals surface area contributed by atoms with Crippen molar-refractivity contribution in [2.24, 2.45) is 5.92 Å². The molecule has 104 valence electrons. The molecule has 1 aromatic rings. The van der Waals surface area contributed by atoms with Crippen LogP contribution in [0.4, 0.5) is 0 Å². The Morgan fingerprint density at radius 3 is 2.47 bits per heavy atom. The molecular formula is C14H18ClNO3. The second-order valence-electron chi connectivity index (χ2n) is 4.66. The van der Waals surface area contributed by atoms with E-state index in [1.54, 1.807) is 24.3 Å². The van der Waals surface area contributed by atoms with Crippen LogP contribution in [0.2, 0.25) is 5.02 Å². The highest BCUT2D eigenvalue weighted by molar-refractivity contribution is 6.33. The van der Waals surface area contributed by atoms with Crippen LogP contribution in [0, 0.1) is 5.92 Å². The van der Waals surface area contributed by atoms with E-state index in [0.29, 0.717) is 10.9 Å². The Morgan fingerprint density at radius 1 is 1.26 bits per heavy atom. The second-order valence-corrected chi connectivity index (χ2v) is 5.06. The van der Waals surface area contributed by atoms with Gasteiger partial charge in [0.2, 0.25) is 0 Å². The van der Waals surface area contributed by atoms with Crippen molar-refractivity contribution in [2.45, 2.75) is 26.8 Å². The Morgan fingerprint density at radius 2 is 1.89 bits per heavy atom. The number of halogens is 1. The minimum atomic E-state index is -0.599. The van der Waals surface area contributed by atoms with Gasteiger partial charge in [0.25, 0.3) is 5.91 Å². The molecule has 1 atom stereocenters. The smallest absolute Gasteiger partial charge is 0.340 e. The molecule has 1 amide bonds. The Balaban J connectivity index is 2.47. The Hall–Kier alpha value is -1.55. The van der Waals surface area contributed by atoms with Gasteiger partial charge in [0, 0.05) is 6.04 Å². The first-order valence-corrected chi connectivity index (χ1v) is 6.50. The lowest BCUT2D eigenvalue weighted by molar-refractivity contribution is -0.125. The summed E-state index contributed by atoms with van der Waals surface area (Å²) in [6.07, 6.45) is 0. The molecule has 19 heavy (non-hydrogen) atoms. The highest BCUT2D eigenvalue weighted by Gasteiger charge is 2.15. The van der Waals surface area contributed by atoms with E-state index in [1.165, 1.54) is 0 Å². The van der Waals surface area contributed by atoms with E-state index in [4.69, 9.17) is 16.3 Å². The number of hydrogen-bond donors (Lipinski definition) is 1. The van der Waals surface area contributed by atoms with Crippen LogP contribution >= 0.6 is 11.6 Å². The lowest BCUT2D eigenvalue weighted by Crippen LogP contribution is -2.38. The fraction of sp³-hybridized carbons (Fsp3) is 0.429. The zero-order valence-electron chi connectivity index (χ0n) is 11.3. The third kappa shape index (κ3) is 4.91. The third-order valence-electron chi connectivity index (χ3n) is 2.82. The average molecular weight is 284 g/mol. The molecular weight excluding hydrogens is 266 g/mol. The molecule has 4 nitrogen and oxygen atoms in total. The molecule has 0 spiro atoms. The van der Waals surface area contributed by atoms with Gasteiger partial charge in [-0.15, -0.1) is 0 Å². The van der Waals surface area contributed by atoms with Crippen molar-refractivity contribution < 1.29 is 14.3 Å². The zero-order valence-corrected chi connectivity index (χ0v) is 12.0. The molecule has 0 heterocycles. The summed E-state index contributed by atoms with van der Waals surface area (Å²) in [7, 11) is 0. The van der Waals surface area contributed by atoms with Crippen LogP contribution in [0.3, 0.4) is 0 Å². The maximum atomic E-state index is 11.7. The predicted octanol–water partition coefficient (Wildman–Crippen LogP) is 2.66. The van der Waals surface area contributed by atoms with Crippen molar-refractivity contribution in [3.63, 3.8) is 0 Å². The van der Waals surface area contributed by atoms with Crippen molar-refractivity contribution in [3.05, 3.63) is 34.9 Å². The monoisotopic (exact) mass is 283 g/mol. The number of rotatable bonds is 5. The lowest BCUT2D eigenvalue weighted by atomic mass is 10.1. The standard InChI is InChI=1S/C14H18ClNO3/c1-9(2)10(3)16-13(17)8-19-14(18)11-6-4-5-7-12(11)15/h4-7,9-10H,8H2,1-3H3,(H,16,17)/t10-/m0/s1. The van der Waals surface area contributed by atoms with Crippen LogP contribution in [0.15, 0.2) is 24.3 Å². The van der Waals surface area contributed by atoms with Gasteiger partial charge in [-0.3, -0.25) is 4.79 Å². The van der Waals surface area contributed by atoms with Crippen molar-refractivity contribution in [1.82, 2.24) is 5.32 Å². The van der Waals surface area contributed by atoms with Crippen LogP contribution in [-0.2, 0) is 9.53 Å². The summed E-state index contributed by atoms with van der Waals surface area (Å²) in [5.41, 5.74) is 0.258. The van der Waals surface area contributed by atoms with E-state index in [-0.39, 0.29) is 24.1 Å². The first-order valence-electron chi connectivity index (χ1n) is 6.12. The van der Waals surface area contributed by atoms with E-state index in [2.05, 4.69) is 5.32 Å². The molecule has 0 bridgehead atoms. The first kappa shape index (κ1) is 15.5. The number of benzene rings is 1. The van der Waals surface area contributed by atoms with Crippen molar-refractivity contribution in [1.29, 1.82) is 0 Å². The molecule has 1 N–H and O–H groups in total. The maximum absolute atomic E-state index is 11.7. The third-order valence-corrected chi connectivity index (χ3v) is 3.15. The van der Waals surface area contributed by atoms with Gasteiger partial charge >= 0.3 is 5.97 Å². The predicted molar refractivity (Wildman–Crippen MR) is 74.2 cm³/mol. The molecule has 1 rings (SSSR count). The first-order chi connectivity index (χ1) is 8.91. The van der Waals surface area contributed by atoms with E-state index < -0.39 is 5.97 Å². The normalized spacial score (nSPS) is 12.1. The highest BCUT2D eigenvalue weighted by atomic mass is 35.5. The largest absolute Gasteiger partial charge is 0.452 e. The van der Waals surface area contributed by atoms with E-state index in [0.717, 1.165) is 0 Å². The van der Waals surface area contributed by atoms with Crippen molar-refractivity contribution in [3.8, 4) is 0 Å².